The minimum absolute atomic E-state index is 0.174. The zero-order chi connectivity index (χ0) is 14.5. The maximum absolute atomic E-state index is 12.1. The monoisotopic (exact) mass is 371 g/mol. The number of carbonyl (C=O) groups excluding carboxylic acids is 1. The lowest BCUT2D eigenvalue weighted by Gasteiger charge is -2.07. The maximum atomic E-state index is 12.1. The highest BCUT2D eigenvalue weighted by atomic mass is 79.9. The average Bonchev–Trinajstić information content (AvgIpc) is 2.44. The van der Waals surface area contributed by atoms with Crippen LogP contribution < -0.4 is 5.32 Å². The van der Waals surface area contributed by atoms with Crippen LogP contribution in [-0.2, 0) is 6.42 Å². The molecule has 5 heteroatoms. The summed E-state index contributed by atoms with van der Waals surface area (Å²) < 4.78 is 0.698. The Morgan fingerprint density at radius 2 is 1.85 bits per heavy atom. The molecule has 1 amide bonds. The molecule has 0 unspecified atom stereocenters. The van der Waals surface area contributed by atoms with Crippen LogP contribution in [0.1, 0.15) is 15.9 Å². The van der Waals surface area contributed by atoms with Crippen LogP contribution in [0.2, 0.25) is 5.02 Å². The second-order valence-electron chi connectivity index (χ2n) is 4.22. The molecule has 0 radical (unpaired) electrons. The van der Waals surface area contributed by atoms with Gasteiger partial charge in [-0.1, -0.05) is 23.7 Å². The summed E-state index contributed by atoms with van der Waals surface area (Å²) in [7, 11) is 0. The Labute approximate surface area is 136 Å². The topological polar surface area (TPSA) is 29.1 Å². The van der Waals surface area contributed by atoms with Gasteiger partial charge >= 0.3 is 0 Å². The van der Waals surface area contributed by atoms with E-state index in [9.17, 15) is 4.79 Å². The highest BCUT2D eigenvalue weighted by Crippen LogP contribution is 2.23. The first kappa shape index (κ1) is 15.4. The van der Waals surface area contributed by atoms with Gasteiger partial charge in [0.2, 0.25) is 0 Å². The third-order valence-corrected chi connectivity index (χ3v) is 4.18. The molecule has 2 rings (SSSR count). The zero-order valence-corrected chi connectivity index (χ0v) is 13.6. The Kier molecular flexibility index (Phi) is 5.46. The molecule has 0 spiro atoms. The summed E-state index contributed by atoms with van der Waals surface area (Å²) in [6.45, 7) is 0. The van der Waals surface area contributed by atoms with Crippen molar-refractivity contribution < 1.29 is 4.79 Å². The number of alkyl halides is 1. The normalized spacial score (nSPS) is 10.3. The van der Waals surface area contributed by atoms with E-state index in [0.29, 0.717) is 20.9 Å². The standard InChI is InChI=1S/C15H12BrCl2NO/c16-13-9-11(3-6-14(13)18)15(20)19-12-4-1-10(2-5-12)7-8-17/h1-6,9H,7-8H2,(H,19,20). The van der Waals surface area contributed by atoms with Crippen molar-refractivity contribution >= 4 is 50.7 Å². The third kappa shape index (κ3) is 3.98. The quantitative estimate of drug-likeness (QED) is 0.740. The van der Waals surface area contributed by atoms with E-state index in [2.05, 4.69) is 21.2 Å². The lowest BCUT2D eigenvalue weighted by molar-refractivity contribution is 0.102. The van der Waals surface area contributed by atoms with Gasteiger partial charge in [-0.15, -0.1) is 11.6 Å². The molecule has 0 aliphatic heterocycles. The van der Waals surface area contributed by atoms with E-state index in [0.717, 1.165) is 17.7 Å². The van der Waals surface area contributed by atoms with Crippen molar-refractivity contribution in [1.82, 2.24) is 0 Å². The van der Waals surface area contributed by atoms with Gasteiger partial charge < -0.3 is 5.32 Å². The second-order valence-corrected chi connectivity index (χ2v) is 5.86. The van der Waals surface area contributed by atoms with Crippen LogP contribution in [0.15, 0.2) is 46.9 Å². The number of rotatable bonds is 4. The van der Waals surface area contributed by atoms with E-state index < -0.39 is 0 Å². The number of anilines is 1. The fourth-order valence-electron chi connectivity index (χ4n) is 1.70. The van der Waals surface area contributed by atoms with Crippen molar-refractivity contribution in [3.8, 4) is 0 Å². The van der Waals surface area contributed by atoms with Crippen LogP contribution in [-0.4, -0.2) is 11.8 Å². The Morgan fingerprint density at radius 3 is 2.45 bits per heavy atom. The van der Waals surface area contributed by atoms with E-state index in [1.54, 1.807) is 18.2 Å². The van der Waals surface area contributed by atoms with E-state index in [1.807, 2.05) is 24.3 Å². The summed E-state index contributed by atoms with van der Waals surface area (Å²) in [4.78, 5) is 12.1. The van der Waals surface area contributed by atoms with E-state index >= 15 is 0 Å². The van der Waals surface area contributed by atoms with Gasteiger partial charge in [0, 0.05) is 21.6 Å². The molecule has 0 saturated heterocycles. The van der Waals surface area contributed by atoms with Gasteiger partial charge in [-0.3, -0.25) is 4.79 Å². The molecule has 0 aromatic heterocycles. The smallest absolute Gasteiger partial charge is 0.255 e. The number of amides is 1. The Balaban J connectivity index is 2.08. The van der Waals surface area contributed by atoms with Gasteiger partial charge in [-0.25, -0.2) is 0 Å². The lowest BCUT2D eigenvalue weighted by Crippen LogP contribution is -2.11. The SMILES string of the molecule is O=C(Nc1ccc(CCCl)cc1)c1ccc(Cl)c(Br)c1. The largest absolute Gasteiger partial charge is 0.322 e. The first-order valence-corrected chi connectivity index (χ1v) is 7.72. The fourth-order valence-corrected chi connectivity index (χ4v) is 2.42. The number of hydrogen-bond acceptors (Lipinski definition) is 1. The van der Waals surface area contributed by atoms with Crippen molar-refractivity contribution in [2.45, 2.75) is 6.42 Å². The van der Waals surface area contributed by atoms with Crippen molar-refractivity contribution in [3.05, 3.63) is 63.1 Å². The van der Waals surface area contributed by atoms with Crippen LogP contribution in [0.4, 0.5) is 5.69 Å². The number of carbonyl (C=O) groups is 1. The summed E-state index contributed by atoms with van der Waals surface area (Å²) in [5.41, 5.74) is 2.44. The molecule has 2 nitrogen and oxygen atoms in total. The summed E-state index contributed by atoms with van der Waals surface area (Å²) in [6.07, 6.45) is 0.819. The number of hydrogen-bond donors (Lipinski definition) is 1. The van der Waals surface area contributed by atoms with E-state index in [1.165, 1.54) is 0 Å². The molecule has 20 heavy (non-hydrogen) atoms. The van der Waals surface area contributed by atoms with Gasteiger partial charge in [0.1, 0.15) is 0 Å². The second kappa shape index (κ2) is 7.11. The van der Waals surface area contributed by atoms with E-state index in [4.69, 9.17) is 23.2 Å². The lowest BCUT2D eigenvalue weighted by atomic mass is 10.1. The molecule has 0 atom stereocenters. The van der Waals surface area contributed by atoms with Gasteiger partial charge in [0.25, 0.3) is 5.91 Å². The molecule has 0 fully saturated rings. The van der Waals surface area contributed by atoms with Crippen LogP contribution in [0.3, 0.4) is 0 Å². The molecule has 0 aliphatic carbocycles. The minimum Gasteiger partial charge on any atom is -0.322 e. The molecule has 1 N–H and O–H groups in total. The molecule has 2 aromatic carbocycles. The van der Waals surface area contributed by atoms with Crippen LogP contribution in [0, 0.1) is 0 Å². The fraction of sp³-hybridized carbons (Fsp3) is 0.133. The summed E-state index contributed by atoms with van der Waals surface area (Å²) in [5.74, 6) is 0.414. The summed E-state index contributed by atoms with van der Waals surface area (Å²) in [5, 5.41) is 3.41. The summed E-state index contributed by atoms with van der Waals surface area (Å²) >= 11 is 14.9. The molecule has 0 saturated carbocycles. The molecule has 0 bridgehead atoms. The molecule has 0 heterocycles. The molecule has 2 aromatic rings. The molecular formula is C15H12BrCl2NO. The molecule has 0 aliphatic rings. The van der Waals surface area contributed by atoms with Gasteiger partial charge in [0.15, 0.2) is 0 Å². The first-order valence-electron chi connectivity index (χ1n) is 6.01. The third-order valence-electron chi connectivity index (χ3n) is 2.78. The van der Waals surface area contributed by atoms with Crippen LogP contribution in [0.5, 0.6) is 0 Å². The van der Waals surface area contributed by atoms with Gasteiger partial charge in [0.05, 0.1) is 5.02 Å². The van der Waals surface area contributed by atoms with Gasteiger partial charge in [-0.2, -0.15) is 0 Å². The maximum Gasteiger partial charge on any atom is 0.255 e. The van der Waals surface area contributed by atoms with Crippen molar-refractivity contribution in [2.24, 2.45) is 0 Å². The van der Waals surface area contributed by atoms with E-state index in [-0.39, 0.29) is 5.91 Å². The van der Waals surface area contributed by atoms with Crippen LogP contribution >= 0.6 is 39.1 Å². The number of benzene rings is 2. The predicted octanol–water partition coefficient (Wildman–Crippen LogP) is 5.14. The van der Waals surface area contributed by atoms with Crippen molar-refractivity contribution in [2.75, 3.05) is 11.2 Å². The van der Waals surface area contributed by atoms with Gasteiger partial charge in [-0.05, 0) is 58.2 Å². The highest BCUT2D eigenvalue weighted by Gasteiger charge is 2.08. The summed E-state index contributed by atoms with van der Waals surface area (Å²) in [6, 6.07) is 12.7. The molecular weight excluding hydrogens is 361 g/mol. The van der Waals surface area contributed by atoms with Crippen molar-refractivity contribution in [3.63, 3.8) is 0 Å². The Morgan fingerprint density at radius 1 is 1.15 bits per heavy atom. The molecule has 104 valence electrons. The number of aryl methyl sites for hydroxylation is 1. The predicted molar refractivity (Wildman–Crippen MR) is 88.0 cm³/mol. The number of halogens is 3. The Hall–Kier alpha value is -1.03. The van der Waals surface area contributed by atoms with Crippen molar-refractivity contribution in [1.29, 1.82) is 0 Å². The minimum atomic E-state index is -0.174. The number of nitrogens with one attached hydrogen (secondary N) is 1. The van der Waals surface area contributed by atoms with Crippen LogP contribution in [0.25, 0.3) is 0 Å². The first-order chi connectivity index (χ1) is 9.60. The highest BCUT2D eigenvalue weighted by molar-refractivity contribution is 9.10. The Bertz CT molecular complexity index is 614. The zero-order valence-electron chi connectivity index (χ0n) is 10.5. The average molecular weight is 373 g/mol.